The molecule has 0 bridgehead atoms. The van der Waals surface area contributed by atoms with Gasteiger partial charge < -0.3 is 82.0 Å². The van der Waals surface area contributed by atoms with Crippen molar-refractivity contribution in [3.05, 3.63) is 83.9 Å². The summed E-state index contributed by atoms with van der Waals surface area (Å²) in [6.45, 7) is 7.68. The molecule has 7 amide bonds. The lowest BCUT2D eigenvalue weighted by Gasteiger charge is -2.33. The molecule has 6 rings (SSSR count). The summed E-state index contributed by atoms with van der Waals surface area (Å²) in [6, 6.07) is 8.01. The Morgan fingerprint density at radius 1 is 0.684 bits per heavy atom. The number of ether oxygens (including phenoxy) is 1. The fraction of sp³-hybridized carbons (Fsp3) is 0.528. The van der Waals surface area contributed by atoms with E-state index in [2.05, 4.69) is 40.4 Å². The Hall–Kier alpha value is -6.73. The van der Waals surface area contributed by atoms with Gasteiger partial charge in [0.2, 0.25) is 35.4 Å². The van der Waals surface area contributed by atoms with Gasteiger partial charge in [-0.3, -0.25) is 33.6 Å². The molecule has 23 heteroatoms. The quantitative estimate of drug-likeness (QED) is 0.0895. The number of hydrogen-bond acceptors (Lipinski definition) is 16. The van der Waals surface area contributed by atoms with E-state index in [0.717, 1.165) is 47.6 Å². The van der Waals surface area contributed by atoms with Crippen LogP contribution in [-0.2, 0) is 35.2 Å². The average Bonchev–Trinajstić information content (AvgIpc) is 3.95. The highest BCUT2D eigenvalue weighted by Gasteiger charge is 2.50. The maximum absolute atomic E-state index is 14.4. The fourth-order valence-corrected chi connectivity index (χ4v) is 9.53. The normalized spacial score (nSPS) is 28.5. The van der Waals surface area contributed by atoms with Crippen molar-refractivity contribution in [1.82, 2.24) is 36.4 Å². The van der Waals surface area contributed by atoms with Gasteiger partial charge in [-0.1, -0.05) is 70.0 Å². The fourth-order valence-electron chi connectivity index (χ4n) is 9.53. The highest BCUT2D eigenvalue weighted by molar-refractivity contribution is 6.00. The largest absolute Gasteiger partial charge is 0.508 e. The highest BCUT2D eigenvalue weighted by Crippen LogP contribution is 2.28. The van der Waals surface area contributed by atoms with Crippen LogP contribution in [0.3, 0.4) is 0 Å². The first kappa shape index (κ1) is 58.5. The third-order valence-corrected chi connectivity index (χ3v) is 14.3. The Kier molecular flexibility index (Phi) is 19.9. The van der Waals surface area contributed by atoms with E-state index in [4.69, 9.17) is 4.74 Å². The van der Waals surface area contributed by atoms with Gasteiger partial charge in [0.05, 0.1) is 37.1 Å². The van der Waals surface area contributed by atoms with Crippen molar-refractivity contribution in [2.45, 2.75) is 146 Å². The van der Waals surface area contributed by atoms with Gasteiger partial charge in [-0.15, -0.1) is 0 Å². The molecule has 14 atom stereocenters. The number of carbonyl (C=O) groups excluding carboxylic acids is 7. The van der Waals surface area contributed by atoms with Crippen molar-refractivity contribution in [1.29, 1.82) is 0 Å². The zero-order valence-corrected chi connectivity index (χ0v) is 43.0. The zero-order valence-electron chi connectivity index (χ0n) is 43.0. The second-order valence-electron chi connectivity index (χ2n) is 20.1. The van der Waals surface area contributed by atoms with E-state index in [1.54, 1.807) is 12.1 Å². The number of phenolic OH excluding ortho intramolecular Hbond substituents is 1. The highest BCUT2D eigenvalue weighted by atomic mass is 16.5. The predicted octanol–water partition coefficient (Wildman–Crippen LogP) is -1.84. The number of amides is 7. The number of aliphatic hydroxyl groups is 7. The number of nitrogens with one attached hydrogen (secondary N) is 5. The number of aromatic hydroxyl groups is 1. The summed E-state index contributed by atoms with van der Waals surface area (Å²) in [4.78, 5) is 101. The number of aliphatic hydroxyl groups excluding tert-OH is 7. The Balaban J connectivity index is 1.33. The van der Waals surface area contributed by atoms with Gasteiger partial charge in [0, 0.05) is 43.8 Å². The molecule has 3 aromatic rings. The molecule has 23 nitrogen and oxygen atoms in total. The molecule has 3 saturated heterocycles. The molecule has 3 heterocycles. The van der Waals surface area contributed by atoms with Crippen LogP contribution >= 0.6 is 0 Å². The Labute approximate surface area is 439 Å². The van der Waals surface area contributed by atoms with Crippen LogP contribution in [0.1, 0.15) is 76.2 Å². The van der Waals surface area contributed by atoms with Crippen molar-refractivity contribution < 1.29 is 79.2 Å². The van der Waals surface area contributed by atoms with E-state index in [0.29, 0.717) is 23.8 Å². The van der Waals surface area contributed by atoms with E-state index < -0.39 is 146 Å². The van der Waals surface area contributed by atoms with Crippen LogP contribution in [-0.4, -0.2) is 191 Å². The first-order chi connectivity index (χ1) is 36.0. The summed E-state index contributed by atoms with van der Waals surface area (Å²) in [5.41, 5.74) is 1.91. The van der Waals surface area contributed by atoms with Gasteiger partial charge in [0.15, 0.2) is 6.23 Å². The van der Waals surface area contributed by atoms with Gasteiger partial charge in [0.1, 0.15) is 53.9 Å². The van der Waals surface area contributed by atoms with Crippen LogP contribution < -0.4 is 31.3 Å². The molecule has 3 aromatic carbocycles. The van der Waals surface area contributed by atoms with Crippen LogP contribution in [0.15, 0.2) is 72.8 Å². The van der Waals surface area contributed by atoms with Crippen molar-refractivity contribution >= 4 is 41.4 Å². The standard InChI is InChI=1S/C53H71N7O16/c1-6-29(7-2)25-76-36-18-14-32(15-19-36)31-10-12-33(13-11-31)46(68)54-37-22-40(66)49(71)58-51(73)44-45(67)26(3)23-60(44)53(75)42(28(5)62)56-50(72)43(39(65)20-30-8-16-34(63)17-9-30)57-48(70)38-21-35(64)24-59(38)52(74)41(27(4)61)55-47(37)69/h8-19,26-29,35,37-45,49,61-67,71H,6-7,20-25H2,1-5H3,(H,54,68)(H,55,69)(H,56,72)(H,57,70)(H,58,73). The summed E-state index contributed by atoms with van der Waals surface area (Å²) >= 11 is 0. The molecule has 0 radical (unpaired) electrons. The van der Waals surface area contributed by atoms with Crippen LogP contribution in [0.4, 0.5) is 0 Å². The Morgan fingerprint density at radius 2 is 1.24 bits per heavy atom. The molecule has 0 saturated carbocycles. The van der Waals surface area contributed by atoms with E-state index in [1.807, 2.05) is 24.3 Å². The molecule has 414 valence electrons. The number of hydrogen-bond donors (Lipinski definition) is 13. The zero-order chi connectivity index (χ0) is 55.7. The summed E-state index contributed by atoms with van der Waals surface area (Å²) in [7, 11) is 0. The molecule has 0 aromatic heterocycles. The maximum atomic E-state index is 14.4. The molecular formula is C53H71N7O16. The number of phenols is 1. The van der Waals surface area contributed by atoms with Crippen LogP contribution in [0, 0.1) is 11.8 Å². The van der Waals surface area contributed by atoms with Gasteiger partial charge in [0.25, 0.3) is 5.91 Å². The van der Waals surface area contributed by atoms with Crippen LogP contribution in [0.2, 0.25) is 0 Å². The Bertz CT molecular complexity index is 2510. The predicted molar refractivity (Wildman–Crippen MR) is 271 cm³/mol. The molecule has 0 spiro atoms. The number of rotatable bonds is 13. The smallest absolute Gasteiger partial charge is 0.251 e. The minimum Gasteiger partial charge on any atom is -0.508 e. The number of benzene rings is 3. The minimum absolute atomic E-state index is 0.0273. The summed E-state index contributed by atoms with van der Waals surface area (Å²) in [6.07, 6.45) is -12.3. The first-order valence-electron chi connectivity index (χ1n) is 25.5. The molecule has 3 aliphatic heterocycles. The van der Waals surface area contributed by atoms with Gasteiger partial charge in [-0.2, -0.15) is 0 Å². The molecule has 3 aliphatic rings. The second kappa shape index (κ2) is 25.9. The monoisotopic (exact) mass is 1060 g/mol. The second-order valence-corrected chi connectivity index (χ2v) is 20.1. The first-order valence-corrected chi connectivity index (χ1v) is 25.5. The van der Waals surface area contributed by atoms with E-state index >= 15 is 0 Å². The number of carbonyl (C=O) groups is 7. The van der Waals surface area contributed by atoms with Gasteiger partial charge >= 0.3 is 0 Å². The van der Waals surface area contributed by atoms with Crippen molar-refractivity contribution in [3.63, 3.8) is 0 Å². The lowest BCUT2D eigenvalue weighted by Crippen LogP contribution is -2.64. The topological polar surface area (TPSA) is 357 Å². The van der Waals surface area contributed by atoms with Crippen LogP contribution in [0.25, 0.3) is 11.1 Å². The minimum atomic E-state index is -2.26. The van der Waals surface area contributed by atoms with Crippen LogP contribution in [0.5, 0.6) is 11.5 Å². The summed E-state index contributed by atoms with van der Waals surface area (Å²) < 4.78 is 5.95. The summed E-state index contributed by atoms with van der Waals surface area (Å²) in [5.74, 6) is -7.70. The number of nitrogens with zero attached hydrogens (tertiary/aromatic N) is 2. The number of fused-ring (bicyclic) bond motifs is 2. The SMILES string of the molecule is CCC(CC)COc1ccc(-c2ccc(C(=O)NC3CC(O)C(O)NC(=O)C4C(O)C(C)CN4C(=O)C(C(C)O)NC(=O)C(C(O)Cc4ccc(O)cc4)NC(=O)C4CC(O)CN4C(=O)C(C(C)O)NC3=O)cc2)cc1. The molecule has 3 fully saturated rings. The lowest BCUT2D eigenvalue weighted by atomic mass is 9.99. The average molecular weight is 1060 g/mol. The van der Waals surface area contributed by atoms with E-state index in [9.17, 15) is 74.4 Å². The van der Waals surface area contributed by atoms with E-state index in [-0.39, 0.29) is 24.3 Å². The Morgan fingerprint density at radius 3 is 1.82 bits per heavy atom. The van der Waals surface area contributed by atoms with Gasteiger partial charge in [-0.05, 0) is 72.9 Å². The molecule has 76 heavy (non-hydrogen) atoms. The molecule has 14 unspecified atom stereocenters. The molecular weight excluding hydrogens is 991 g/mol. The van der Waals surface area contributed by atoms with Crippen molar-refractivity contribution in [3.8, 4) is 22.6 Å². The van der Waals surface area contributed by atoms with Crippen molar-refractivity contribution in [2.75, 3.05) is 19.7 Å². The summed E-state index contributed by atoms with van der Waals surface area (Å²) in [5, 5.41) is 99.9. The van der Waals surface area contributed by atoms with Crippen molar-refractivity contribution in [2.24, 2.45) is 11.8 Å². The molecule has 0 aliphatic carbocycles. The van der Waals surface area contributed by atoms with E-state index in [1.165, 1.54) is 43.3 Å². The molecule has 13 N–H and O–H groups in total. The third-order valence-electron chi connectivity index (χ3n) is 14.3. The van der Waals surface area contributed by atoms with Gasteiger partial charge in [-0.25, -0.2) is 0 Å². The third kappa shape index (κ3) is 14.2. The lowest BCUT2D eigenvalue weighted by molar-refractivity contribution is -0.148. The maximum Gasteiger partial charge on any atom is 0.251 e.